The molecular formula is C11H20N2O. The van der Waals surface area contributed by atoms with E-state index < -0.39 is 5.54 Å². The Kier molecular flexibility index (Phi) is 3.32. The van der Waals surface area contributed by atoms with Gasteiger partial charge in [-0.2, -0.15) is 0 Å². The van der Waals surface area contributed by atoms with Gasteiger partial charge in [0, 0.05) is 25.0 Å². The van der Waals surface area contributed by atoms with E-state index in [1.165, 1.54) is 0 Å². The second-order valence-electron chi connectivity index (χ2n) is 4.83. The third kappa shape index (κ3) is 3.50. The number of amides is 1. The Balaban J connectivity index is 2.48. The maximum Gasteiger partial charge on any atom is 0.224 e. The van der Waals surface area contributed by atoms with Crippen molar-refractivity contribution in [2.24, 2.45) is 5.73 Å². The van der Waals surface area contributed by atoms with Gasteiger partial charge in [-0.25, -0.2) is 0 Å². The summed E-state index contributed by atoms with van der Waals surface area (Å²) < 4.78 is 0. The summed E-state index contributed by atoms with van der Waals surface area (Å²) in [6.07, 6.45) is 2.51. The number of carbonyl (C=O) groups excluding carboxylic acids is 1. The zero-order chi connectivity index (χ0) is 10.8. The fraction of sp³-hybridized carbons (Fsp3) is 0.727. The lowest BCUT2D eigenvalue weighted by Gasteiger charge is -2.30. The average Bonchev–Trinajstić information content (AvgIpc) is 2.01. The van der Waals surface area contributed by atoms with E-state index >= 15 is 0 Å². The minimum absolute atomic E-state index is 0.151. The predicted molar refractivity (Wildman–Crippen MR) is 57.8 cm³/mol. The number of carbonyl (C=O) groups is 1. The van der Waals surface area contributed by atoms with Crippen molar-refractivity contribution in [2.45, 2.75) is 38.6 Å². The highest BCUT2D eigenvalue weighted by molar-refractivity contribution is 5.77. The van der Waals surface area contributed by atoms with Gasteiger partial charge in [0.15, 0.2) is 0 Å². The molecule has 0 bridgehead atoms. The van der Waals surface area contributed by atoms with Crippen molar-refractivity contribution >= 4 is 5.91 Å². The molecule has 0 aromatic rings. The average molecular weight is 196 g/mol. The van der Waals surface area contributed by atoms with Gasteiger partial charge in [0.05, 0.1) is 0 Å². The quantitative estimate of drug-likeness (QED) is 0.676. The third-order valence-corrected chi connectivity index (χ3v) is 2.33. The molecule has 0 aromatic carbocycles. The van der Waals surface area contributed by atoms with Crippen molar-refractivity contribution in [1.29, 1.82) is 0 Å². The summed E-state index contributed by atoms with van der Waals surface area (Å²) in [6, 6.07) is 0. The molecule has 1 aliphatic heterocycles. The lowest BCUT2D eigenvalue weighted by atomic mass is 10.00. The second kappa shape index (κ2) is 4.13. The SMILES string of the molecule is C=C1CCCN(C(=O)CC(C)(C)N)C1. The molecule has 1 fully saturated rings. The van der Waals surface area contributed by atoms with Crippen LogP contribution >= 0.6 is 0 Å². The molecular weight excluding hydrogens is 176 g/mol. The Morgan fingerprint density at radius 1 is 1.64 bits per heavy atom. The van der Waals surface area contributed by atoms with E-state index in [-0.39, 0.29) is 5.91 Å². The van der Waals surface area contributed by atoms with E-state index in [1.54, 1.807) is 0 Å². The van der Waals surface area contributed by atoms with Gasteiger partial charge in [0.25, 0.3) is 0 Å². The van der Waals surface area contributed by atoms with Gasteiger partial charge in [-0.3, -0.25) is 4.79 Å². The zero-order valence-corrected chi connectivity index (χ0v) is 9.18. The van der Waals surface area contributed by atoms with Gasteiger partial charge < -0.3 is 10.6 Å². The largest absolute Gasteiger partial charge is 0.339 e. The van der Waals surface area contributed by atoms with E-state index in [4.69, 9.17) is 5.73 Å². The fourth-order valence-electron chi connectivity index (χ4n) is 1.66. The fourth-order valence-corrected chi connectivity index (χ4v) is 1.66. The van der Waals surface area contributed by atoms with Crippen LogP contribution in [0.3, 0.4) is 0 Å². The summed E-state index contributed by atoms with van der Waals surface area (Å²) in [5, 5.41) is 0. The molecule has 1 aliphatic rings. The molecule has 80 valence electrons. The minimum atomic E-state index is -0.407. The number of piperidine rings is 1. The topological polar surface area (TPSA) is 46.3 Å². The normalized spacial score (nSPS) is 18.5. The van der Waals surface area contributed by atoms with Crippen molar-refractivity contribution < 1.29 is 4.79 Å². The first-order valence-corrected chi connectivity index (χ1v) is 5.12. The van der Waals surface area contributed by atoms with Crippen molar-refractivity contribution in [3.8, 4) is 0 Å². The molecule has 3 nitrogen and oxygen atoms in total. The molecule has 0 atom stereocenters. The Bertz CT molecular complexity index is 240. The molecule has 0 spiro atoms. The molecule has 1 amide bonds. The molecule has 14 heavy (non-hydrogen) atoms. The van der Waals surface area contributed by atoms with E-state index in [0.717, 1.165) is 31.5 Å². The summed E-state index contributed by atoms with van der Waals surface area (Å²) in [5.41, 5.74) is 6.55. The first-order chi connectivity index (χ1) is 6.38. The van der Waals surface area contributed by atoms with Crippen molar-refractivity contribution in [2.75, 3.05) is 13.1 Å². The highest BCUT2D eigenvalue weighted by atomic mass is 16.2. The highest BCUT2D eigenvalue weighted by Gasteiger charge is 2.23. The predicted octanol–water partition coefficient (Wildman–Crippen LogP) is 1.29. The van der Waals surface area contributed by atoms with Crippen LogP contribution in [0.25, 0.3) is 0 Å². The van der Waals surface area contributed by atoms with E-state index in [9.17, 15) is 4.79 Å². The van der Waals surface area contributed by atoms with Gasteiger partial charge in [0.2, 0.25) is 5.91 Å². The van der Waals surface area contributed by atoms with Crippen LogP contribution < -0.4 is 5.73 Å². The molecule has 0 radical (unpaired) electrons. The van der Waals surface area contributed by atoms with Crippen molar-refractivity contribution in [3.63, 3.8) is 0 Å². The molecule has 0 unspecified atom stereocenters. The number of nitrogens with zero attached hydrogens (tertiary/aromatic N) is 1. The van der Waals surface area contributed by atoms with Crippen LogP contribution in [-0.4, -0.2) is 29.4 Å². The standard InChI is InChI=1S/C11H20N2O/c1-9-5-4-6-13(8-9)10(14)7-11(2,3)12/h1,4-8,12H2,2-3H3. The first kappa shape index (κ1) is 11.2. The summed E-state index contributed by atoms with van der Waals surface area (Å²) in [4.78, 5) is 13.6. The van der Waals surface area contributed by atoms with Gasteiger partial charge in [-0.05, 0) is 26.7 Å². The maximum absolute atomic E-state index is 11.8. The third-order valence-electron chi connectivity index (χ3n) is 2.33. The second-order valence-corrected chi connectivity index (χ2v) is 4.83. The van der Waals surface area contributed by atoms with Crippen LogP contribution in [0.4, 0.5) is 0 Å². The zero-order valence-electron chi connectivity index (χ0n) is 9.18. The molecule has 0 saturated carbocycles. The number of hydrogen-bond acceptors (Lipinski definition) is 2. The van der Waals surface area contributed by atoms with Crippen LogP contribution in [0, 0.1) is 0 Å². The number of rotatable bonds is 2. The van der Waals surface area contributed by atoms with Crippen LogP contribution in [0.1, 0.15) is 33.1 Å². The van der Waals surface area contributed by atoms with Crippen LogP contribution in [0.15, 0.2) is 12.2 Å². The number of hydrogen-bond donors (Lipinski definition) is 1. The van der Waals surface area contributed by atoms with E-state index in [2.05, 4.69) is 6.58 Å². The Morgan fingerprint density at radius 2 is 2.29 bits per heavy atom. The van der Waals surface area contributed by atoms with Crippen molar-refractivity contribution in [1.82, 2.24) is 4.90 Å². The summed E-state index contributed by atoms with van der Waals surface area (Å²) in [6.45, 7) is 9.25. The Morgan fingerprint density at radius 3 is 2.79 bits per heavy atom. The van der Waals surface area contributed by atoms with Crippen LogP contribution in [-0.2, 0) is 4.79 Å². The van der Waals surface area contributed by atoms with Gasteiger partial charge in [-0.15, -0.1) is 0 Å². The lowest BCUT2D eigenvalue weighted by Crippen LogP contribution is -2.43. The first-order valence-electron chi connectivity index (χ1n) is 5.12. The highest BCUT2D eigenvalue weighted by Crippen LogP contribution is 2.16. The van der Waals surface area contributed by atoms with Gasteiger partial charge >= 0.3 is 0 Å². The lowest BCUT2D eigenvalue weighted by molar-refractivity contribution is -0.132. The molecule has 1 rings (SSSR count). The smallest absolute Gasteiger partial charge is 0.224 e. The summed E-state index contributed by atoms with van der Waals surface area (Å²) >= 11 is 0. The van der Waals surface area contributed by atoms with E-state index in [0.29, 0.717) is 6.42 Å². The summed E-state index contributed by atoms with van der Waals surface area (Å²) in [7, 11) is 0. The van der Waals surface area contributed by atoms with Gasteiger partial charge in [0.1, 0.15) is 0 Å². The van der Waals surface area contributed by atoms with Gasteiger partial charge in [-0.1, -0.05) is 12.2 Å². The number of likely N-dealkylation sites (tertiary alicyclic amines) is 1. The number of nitrogens with two attached hydrogens (primary N) is 1. The molecule has 2 N–H and O–H groups in total. The Hall–Kier alpha value is -0.830. The van der Waals surface area contributed by atoms with Crippen LogP contribution in [0.2, 0.25) is 0 Å². The summed E-state index contributed by atoms with van der Waals surface area (Å²) in [5.74, 6) is 0.151. The van der Waals surface area contributed by atoms with E-state index in [1.807, 2.05) is 18.7 Å². The molecule has 0 aliphatic carbocycles. The molecule has 1 heterocycles. The maximum atomic E-state index is 11.8. The Labute approximate surface area is 86.0 Å². The molecule has 0 aromatic heterocycles. The minimum Gasteiger partial charge on any atom is -0.339 e. The molecule has 3 heteroatoms. The monoisotopic (exact) mass is 196 g/mol. The van der Waals surface area contributed by atoms with Crippen molar-refractivity contribution in [3.05, 3.63) is 12.2 Å². The van der Waals surface area contributed by atoms with Crippen LogP contribution in [0.5, 0.6) is 0 Å². The molecule has 1 saturated heterocycles.